The largest absolute Gasteiger partial charge is 0.490 e. The van der Waals surface area contributed by atoms with Crippen molar-refractivity contribution in [2.24, 2.45) is 0 Å². The molecule has 0 aromatic heterocycles. The van der Waals surface area contributed by atoms with Crippen molar-refractivity contribution in [1.29, 1.82) is 0 Å². The lowest BCUT2D eigenvalue weighted by Crippen LogP contribution is -2.08. The highest BCUT2D eigenvalue weighted by Gasteiger charge is 2.26. The predicted octanol–water partition coefficient (Wildman–Crippen LogP) is 3.61. The van der Waals surface area contributed by atoms with Crippen LogP contribution < -0.4 is 9.47 Å². The summed E-state index contributed by atoms with van der Waals surface area (Å²) in [5, 5.41) is 9.93. The molecule has 0 spiro atoms. The molecule has 2 rings (SSSR count). The van der Waals surface area contributed by atoms with Crippen LogP contribution in [0.1, 0.15) is 37.4 Å². The minimum atomic E-state index is -4.18. The lowest BCUT2D eigenvalue weighted by molar-refractivity contribution is -0.136. The molecule has 0 amide bonds. The molecule has 1 heterocycles. The van der Waals surface area contributed by atoms with Crippen LogP contribution in [0.5, 0.6) is 11.5 Å². The van der Waals surface area contributed by atoms with Crippen LogP contribution in [-0.4, -0.2) is 24.5 Å². The van der Waals surface area contributed by atoms with Gasteiger partial charge in [-0.1, -0.05) is 6.07 Å². The van der Waals surface area contributed by atoms with E-state index in [1.54, 1.807) is 18.2 Å². The topological polar surface area (TPSA) is 38.7 Å². The number of fused-ring (bicyclic) bond motifs is 1. The fourth-order valence-corrected chi connectivity index (χ4v) is 2.05. The molecule has 3 nitrogen and oxygen atoms in total. The highest BCUT2D eigenvalue weighted by atomic mass is 19.4. The summed E-state index contributed by atoms with van der Waals surface area (Å²) in [5.74, 6) is 1.14. The molecule has 112 valence electrons. The van der Waals surface area contributed by atoms with Gasteiger partial charge in [-0.25, -0.2) is 0 Å². The van der Waals surface area contributed by atoms with E-state index >= 15 is 0 Å². The van der Waals surface area contributed by atoms with Crippen LogP contribution in [-0.2, 0) is 0 Å². The van der Waals surface area contributed by atoms with E-state index in [9.17, 15) is 18.3 Å². The number of hydrogen-bond donors (Lipinski definition) is 1. The molecule has 1 aromatic rings. The Morgan fingerprint density at radius 1 is 1.15 bits per heavy atom. The van der Waals surface area contributed by atoms with Crippen LogP contribution in [0.25, 0.3) is 0 Å². The number of alkyl halides is 3. The third-order valence-electron chi connectivity index (χ3n) is 3.09. The van der Waals surface area contributed by atoms with Crippen LogP contribution in [0.15, 0.2) is 18.2 Å². The average Bonchev–Trinajstić information content (AvgIpc) is 2.61. The van der Waals surface area contributed by atoms with Crippen molar-refractivity contribution in [2.45, 2.75) is 38.0 Å². The summed E-state index contributed by atoms with van der Waals surface area (Å²) in [7, 11) is 0. The Balaban J connectivity index is 1.96. The maximum atomic E-state index is 12.1. The van der Waals surface area contributed by atoms with Crippen LogP contribution in [0, 0.1) is 0 Å². The van der Waals surface area contributed by atoms with Crippen LogP contribution >= 0.6 is 0 Å². The van der Waals surface area contributed by atoms with Crippen molar-refractivity contribution < 1.29 is 27.8 Å². The number of halogens is 3. The van der Waals surface area contributed by atoms with Crippen molar-refractivity contribution in [3.63, 3.8) is 0 Å². The Hall–Kier alpha value is -1.43. The second-order valence-corrected chi connectivity index (χ2v) is 4.78. The van der Waals surface area contributed by atoms with E-state index < -0.39 is 18.7 Å². The van der Waals surface area contributed by atoms with Gasteiger partial charge < -0.3 is 14.6 Å². The fraction of sp³-hybridized carbons (Fsp3) is 0.571. The number of ether oxygens (including phenoxy) is 2. The molecule has 1 N–H and O–H groups in total. The second kappa shape index (κ2) is 6.35. The summed E-state index contributed by atoms with van der Waals surface area (Å²) in [5.41, 5.74) is 0.552. The third kappa shape index (κ3) is 4.30. The highest BCUT2D eigenvalue weighted by molar-refractivity contribution is 5.44. The van der Waals surface area contributed by atoms with E-state index in [4.69, 9.17) is 9.47 Å². The maximum Gasteiger partial charge on any atom is 0.389 e. The molecule has 1 aliphatic heterocycles. The summed E-state index contributed by atoms with van der Waals surface area (Å²) >= 11 is 0. The van der Waals surface area contributed by atoms with Crippen molar-refractivity contribution in [3.05, 3.63) is 23.8 Å². The van der Waals surface area contributed by atoms with E-state index in [1.807, 2.05) is 0 Å². The summed E-state index contributed by atoms with van der Waals surface area (Å²) in [4.78, 5) is 0. The summed E-state index contributed by atoms with van der Waals surface area (Å²) in [6, 6.07) is 4.98. The molecule has 1 unspecified atom stereocenters. The molecule has 0 fully saturated rings. The van der Waals surface area contributed by atoms with Gasteiger partial charge in [0.05, 0.1) is 19.3 Å². The van der Waals surface area contributed by atoms with Crippen molar-refractivity contribution in [3.8, 4) is 11.5 Å². The van der Waals surface area contributed by atoms with E-state index in [1.165, 1.54) is 0 Å². The van der Waals surface area contributed by atoms with Gasteiger partial charge in [-0.3, -0.25) is 0 Å². The lowest BCUT2D eigenvalue weighted by atomic mass is 10.0. The van der Waals surface area contributed by atoms with E-state index in [0.717, 1.165) is 6.42 Å². The quantitative estimate of drug-likeness (QED) is 0.920. The first kappa shape index (κ1) is 15.0. The SMILES string of the molecule is OC(CCCC(F)(F)F)c1ccc2c(c1)OCCCO2. The van der Waals surface area contributed by atoms with Gasteiger partial charge in [0.2, 0.25) is 0 Å². The third-order valence-corrected chi connectivity index (χ3v) is 3.09. The second-order valence-electron chi connectivity index (χ2n) is 4.78. The molecule has 20 heavy (non-hydrogen) atoms. The van der Waals surface area contributed by atoms with Gasteiger partial charge >= 0.3 is 6.18 Å². The zero-order valence-corrected chi connectivity index (χ0v) is 10.9. The van der Waals surface area contributed by atoms with Crippen molar-refractivity contribution >= 4 is 0 Å². The maximum absolute atomic E-state index is 12.1. The number of aliphatic hydroxyl groups is 1. The normalized spacial score (nSPS) is 16.6. The van der Waals surface area contributed by atoms with Gasteiger partial charge in [0.1, 0.15) is 0 Å². The number of rotatable bonds is 4. The van der Waals surface area contributed by atoms with E-state index in [-0.39, 0.29) is 12.8 Å². The predicted molar refractivity (Wildman–Crippen MR) is 66.9 cm³/mol. The molecule has 1 aromatic carbocycles. The Labute approximate surface area is 115 Å². The van der Waals surface area contributed by atoms with Crippen LogP contribution in [0.4, 0.5) is 13.2 Å². The lowest BCUT2D eigenvalue weighted by Gasteiger charge is -2.14. The van der Waals surface area contributed by atoms with Gasteiger partial charge in [0, 0.05) is 12.8 Å². The molecule has 0 bridgehead atoms. The molecule has 0 saturated heterocycles. The number of hydrogen-bond acceptors (Lipinski definition) is 3. The monoisotopic (exact) mass is 290 g/mol. The van der Waals surface area contributed by atoms with Gasteiger partial charge in [-0.05, 0) is 30.5 Å². The van der Waals surface area contributed by atoms with Gasteiger partial charge in [0.15, 0.2) is 11.5 Å². The molecule has 0 aliphatic carbocycles. The standard InChI is InChI=1S/C14H17F3O3/c15-14(16,17)6-1-3-11(18)10-4-5-12-13(9-10)20-8-2-7-19-12/h4-5,9,11,18H,1-3,6-8H2. The molecule has 1 aliphatic rings. The number of benzene rings is 1. The van der Waals surface area contributed by atoms with Gasteiger partial charge in [-0.2, -0.15) is 13.2 Å². The molecule has 1 atom stereocenters. The first-order chi connectivity index (χ1) is 9.46. The minimum absolute atomic E-state index is 0.0686. The van der Waals surface area contributed by atoms with Gasteiger partial charge in [-0.15, -0.1) is 0 Å². The zero-order valence-electron chi connectivity index (χ0n) is 10.9. The smallest absolute Gasteiger partial charge is 0.389 e. The first-order valence-electron chi connectivity index (χ1n) is 6.60. The van der Waals surface area contributed by atoms with Crippen molar-refractivity contribution in [1.82, 2.24) is 0 Å². The molecular formula is C14H17F3O3. The van der Waals surface area contributed by atoms with E-state index in [2.05, 4.69) is 0 Å². The Morgan fingerprint density at radius 3 is 2.55 bits per heavy atom. The molecule has 0 radical (unpaired) electrons. The number of aliphatic hydroxyl groups excluding tert-OH is 1. The van der Waals surface area contributed by atoms with Crippen molar-refractivity contribution in [2.75, 3.05) is 13.2 Å². The Morgan fingerprint density at radius 2 is 1.85 bits per heavy atom. The zero-order chi connectivity index (χ0) is 14.6. The molecule has 0 saturated carbocycles. The summed E-state index contributed by atoms with van der Waals surface area (Å²) in [6.45, 7) is 1.10. The van der Waals surface area contributed by atoms with Gasteiger partial charge in [0.25, 0.3) is 0 Å². The Kier molecular flexibility index (Phi) is 4.75. The first-order valence-corrected chi connectivity index (χ1v) is 6.60. The molecular weight excluding hydrogens is 273 g/mol. The molecule has 6 heteroatoms. The summed E-state index contributed by atoms with van der Waals surface area (Å²) in [6.07, 6.45) is -5.23. The Bertz CT molecular complexity index is 446. The fourth-order valence-electron chi connectivity index (χ4n) is 2.05. The van der Waals surface area contributed by atoms with Crippen LogP contribution in [0.3, 0.4) is 0 Å². The minimum Gasteiger partial charge on any atom is -0.490 e. The van der Waals surface area contributed by atoms with Crippen LogP contribution in [0.2, 0.25) is 0 Å². The summed E-state index contributed by atoms with van der Waals surface area (Å²) < 4.78 is 47.1. The average molecular weight is 290 g/mol. The highest BCUT2D eigenvalue weighted by Crippen LogP contribution is 2.34. The van der Waals surface area contributed by atoms with E-state index in [0.29, 0.717) is 30.3 Å².